The Labute approximate surface area is 144 Å². The predicted molar refractivity (Wildman–Crippen MR) is 89.0 cm³/mol. The first kappa shape index (κ1) is 18.2. The molecule has 3 amide bonds. The predicted octanol–water partition coefficient (Wildman–Crippen LogP) is -0.216. The van der Waals surface area contributed by atoms with Gasteiger partial charge in [0, 0.05) is 26.4 Å². The Bertz CT molecular complexity index is 716. The minimum Gasteiger partial charge on any atom is -0.493 e. The summed E-state index contributed by atoms with van der Waals surface area (Å²) in [5.74, 6) is -0.225. The van der Waals surface area contributed by atoms with Crippen molar-refractivity contribution in [3.05, 3.63) is 23.8 Å². The molecule has 9 nitrogen and oxygen atoms in total. The fourth-order valence-corrected chi connectivity index (χ4v) is 2.21. The molecule has 1 aromatic carbocycles. The largest absolute Gasteiger partial charge is 0.493 e. The molecular formula is C16H20N4O5. The van der Waals surface area contributed by atoms with E-state index in [4.69, 9.17) is 15.2 Å². The maximum atomic E-state index is 12.1. The summed E-state index contributed by atoms with van der Waals surface area (Å²) in [6.45, 7) is 0.000474. The van der Waals surface area contributed by atoms with Crippen LogP contribution in [0.4, 0.5) is 0 Å². The first-order valence-electron chi connectivity index (χ1n) is 7.61. The molecule has 1 aliphatic rings. The zero-order valence-corrected chi connectivity index (χ0v) is 14.1. The molecule has 25 heavy (non-hydrogen) atoms. The third-order valence-electron chi connectivity index (χ3n) is 3.52. The molecule has 2 rings (SSSR count). The van der Waals surface area contributed by atoms with Gasteiger partial charge in [0.25, 0.3) is 11.8 Å². The number of carbonyl (C=O) groups excluding carboxylic acids is 3. The van der Waals surface area contributed by atoms with Crippen LogP contribution in [0.25, 0.3) is 0 Å². The van der Waals surface area contributed by atoms with E-state index in [1.807, 2.05) is 0 Å². The number of hydrogen-bond acceptors (Lipinski definition) is 6. The van der Waals surface area contributed by atoms with Gasteiger partial charge in [0.05, 0.1) is 7.11 Å². The molecule has 0 saturated heterocycles. The molecule has 1 aliphatic heterocycles. The van der Waals surface area contributed by atoms with E-state index < -0.39 is 5.91 Å². The SMILES string of the molecule is COc1cc(CNC(=O)C2=NN(C)C(=O)CC2)ccc1OCC(N)=O. The molecular weight excluding hydrogens is 328 g/mol. The van der Waals surface area contributed by atoms with Crippen LogP contribution in [0.2, 0.25) is 0 Å². The third-order valence-corrected chi connectivity index (χ3v) is 3.52. The number of nitrogens with one attached hydrogen (secondary N) is 1. The second kappa shape index (κ2) is 8.13. The average Bonchev–Trinajstić information content (AvgIpc) is 2.60. The minimum absolute atomic E-state index is 0.118. The van der Waals surface area contributed by atoms with Crippen molar-refractivity contribution in [2.24, 2.45) is 10.8 Å². The summed E-state index contributed by atoms with van der Waals surface area (Å²) >= 11 is 0. The highest BCUT2D eigenvalue weighted by atomic mass is 16.5. The van der Waals surface area contributed by atoms with E-state index in [0.717, 1.165) is 5.56 Å². The van der Waals surface area contributed by atoms with Gasteiger partial charge in [-0.25, -0.2) is 5.01 Å². The van der Waals surface area contributed by atoms with Crippen molar-refractivity contribution in [3.63, 3.8) is 0 Å². The Hall–Kier alpha value is -3.10. The number of methoxy groups -OCH3 is 1. The van der Waals surface area contributed by atoms with Crippen molar-refractivity contribution in [1.82, 2.24) is 10.3 Å². The van der Waals surface area contributed by atoms with Crippen LogP contribution in [0, 0.1) is 0 Å². The maximum Gasteiger partial charge on any atom is 0.267 e. The summed E-state index contributed by atoms with van der Waals surface area (Å²) in [5, 5.41) is 7.88. The van der Waals surface area contributed by atoms with Gasteiger partial charge in [-0.3, -0.25) is 14.4 Å². The van der Waals surface area contributed by atoms with Crippen LogP contribution in [0.3, 0.4) is 0 Å². The molecule has 0 unspecified atom stereocenters. The Morgan fingerprint density at radius 1 is 1.32 bits per heavy atom. The fraction of sp³-hybridized carbons (Fsp3) is 0.375. The van der Waals surface area contributed by atoms with Gasteiger partial charge < -0.3 is 20.5 Å². The fourth-order valence-electron chi connectivity index (χ4n) is 2.21. The Morgan fingerprint density at radius 3 is 2.72 bits per heavy atom. The first-order valence-corrected chi connectivity index (χ1v) is 7.61. The zero-order valence-electron chi connectivity index (χ0n) is 14.1. The van der Waals surface area contributed by atoms with Crippen LogP contribution in [0.5, 0.6) is 11.5 Å². The summed E-state index contributed by atoms with van der Waals surface area (Å²) < 4.78 is 10.5. The molecule has 0 radical (unpaired) electrons. The Kier molecular flexibility index (Phi) is 5.93. The highest BCUT2D eigenvalue weighted by molar-refractivity contribution is 6.39. The van der Waals surface area contributed by atoms with Gasteiger partial charge in [0.1, 0.15) is 5.71 Å². The minimum atomic E-state index is -0.588. The molecule has 0 bridgehead atoms. The van der Waals surface area contributed by atoms with Crippen molar-refractivity contribution >= 4 is 23.4 Å². The van der Waals surface area contributed by atoms with Crippen molar-refractivity contribution in [2.45, 2.75) is 19.4 Å². The number of primary amides is 1. The molecule has 0 atom stereocenters. The van der Waals surface area contributed by atoms with E-state index in [0.29, 0.717) is 23.6 Å². The van der Waals surface area contributed by atoms with Crippen molar-refractivity contribution in [3.8, 4) is 11.5 Å². The second-order valence-corrected chi connectivity index (χ2v) is 5.39. The molecule has 0 spiro atoms. The third kappa shape index (κ3) is 4.93. The number of hydrazone groups is 1. The monoisotopic (exact) mass is 348 g/mol. The number of ether oxygens (including phenoxy) is 2. The average molecular weight is 348 g/mol. The number of rotatable bonds is 7. The molecule has 3 N–H and O–H groups in total. The van der Waals surface area contributed by atoms with E-state index >= 15 is 0 Å². The Morgan fingerprint density at radius 2 is 2.08 bits per heavy atom. The van der Waals surface area contributed by atoms with Gasteiger partial charge in [-0.2, -0.15) is 5.10 Å². The van der Waals surface area contributed by atoms with E-state index in [2.05, 4.69) is 10.4 Å². The smallest absolute Gasteiger partial charge is 0.267 e. The second-order valence-electron chi connectivity index (χ2n) is 5.39. The lowest BCUT2D eigenvalue weighted by atomic mass is 10.1. The highest BCUT2D eigenvalue weighted by Crippen LogP contribution is 2.28. The number of amides is 3. The lowest BCUT2D eigenvalue weighted by molar-refractivity contribution is -0.130. The van der Waals surface area contributed by atoms with Crippen LogP contribution in [0.15, 0.2) is 23.3 Å². The Balaban J connectivity index is 1.98. The van der Waals surface area contributed by atoms with Crippen molar-refractivity contribution in [1.29, 1.82) is 0 Å². The molecule has 9 heteroatoms. The maximum absolute atomic E-state index is 12.1. The van der Waals surface area contributed by atoms with E-state index in [1.165, 1.54) is 19.2 Å². The van der Waals surface area contributed by atoms with Gasteiger partial charge in [-0.1, -0.05) is 6.07 Å². The van der Waals surface area contributed by atoms with Crippen molar-refractivity contribution < 1.29 is 23.9 Å². The van der Waals surface area contributed by atoms with Crippen LogP contribution in [-0.2, 0) is 20.9 Å². The molecule has 1 heterocycles. The molecule has 1 aromatic rings. The van der Waals surface area contributed by atoms with Crippen LogP contribution in [0.1, 0.15) is 18.4 Å². The summed E-state index contributed by atoms with van der Waals surface area (Å²) in [7, 11) is 2.99. The number of benzene rings is 1. The molecule has 0 aliphatic carbocycles. The van der Waals surface area contributed by atoms with E-state index in [9.17, 15) is 14.4 Å². The number of nitrogens with zero attached hydrogens (tertiary/aromatic N) is 2. The summed E-state index contributed by atoms with van der Waals surface area (Å²) in [6.07, 6.45) is 0.584. The lowest BCUT2D eigenvalue weighted by Crippen LogP contribution is -2.37. The number of nitrogens with two attached hydrogens (primary N) is 1. The van der Waals surface area contributed by atoms with Crippen molar-refractivity contribution in [2.75, 3.05) is 20.8 Å². The number of carbonyl (C=O) groups is 3. The van der Waals surface area contributed by atoms with Gasteiger partial charge in [-0.05, 0) is 17.7 Å². The number of hydrogen-bond donors (Lipinski definition) is 2. The molecule has 0 saturated carbocycles. The quantitative estimate of drug-likeness (QED) is 0.705. The summed E-state index contributed by atoms with van der Waals surface area (Å²) in [5.41, 5.74) is 6.13. The topological polar surface area (TPSA) is 123 Å². The van der Waals surface area contributed by atoms with Crippen LogP contribution in [-0.4, -0.2) is 49.2 Å². The van der Waals surface area contributed by atoms with Crippen LogP contribution >= 0.6 is 0 Å². The van der Waals surface area contributed by atoms with Gasteiger partial charge in [-0.15, -0.1) is 0 Å². The standard InChI is InChI=1S/C16H20N4O5/c1-20-15(22)6-4-11(19-20)16(23)18-8-10-3-5-12(13(7-10)24-2)25-9-14(17)21/h3,5,7H,4,6,8-9H2,1-2H3,(H2,17,21)(H,18,23). The van der Waals surface area contributed by atoms with Gasteiger partial charge in [0.2, 0.25) is 5.91 Å². The van der Waals surface area contributed by atoms with Crippen LogP contribution < -0.4 is 20.5 Å². The first-order chi connectivity index (χ1) is 11.9. The summed E-state index contributed by atoms with van der Waals surface area (Å²) in [6, 6.07) is 5.06. The highest BCUT2D eigenvalue weighted by Gasteiger charge is 2.21. The normalized spacial score (nSPS) is 13.9. The zero-order chi connectivity index (χ0) is 18.4. The molecule has 0 aromatic heterocycles. The molecule has 134 valence electrons. The van der Waals surface area contributed by atoms with Gasteiger partial charge in [0.15, 0.2) is 18.1 Å². The molecule has 0 fully saturated rings. The van der Waals surface area contributed by atoms with Gasteiger partial charge >= 0.3 is 0 Å². The van der Waals surface area contributed by atoms with E-state index in [1.54, 1.807) is 18.2 Å². The summed E-state index contributed by atoms with van der Waals surface area (Å²) in [4.78, 5) is 34.3. The van der Waals surface area contributed by atoms with E-state index in [-0.39, 0.29) is 31.4 Å². The lowest BCUT2D eigenvalue weighted by Gasteiger charge is -2.19.